The van der Waals surface area contributed by atoms with Crippen LogP contribution in [0.3, 0.4) is 0 Å². The Morgan fingerprint density at radius 3 is 2.56 bits per heavy atom. The molecule has 1 saturated heterocycles. The van der Waals surface area contributed by atoms with Gasteiger partial charge in [-0.3, -0.25) is 0 Å². The minimum atomic E-state index is -1.01. The van der Waals surface area contributed by atoms with Crippen molar-refractivity contribution in [1.82, 2.24) is 0 Å². The molecule has 2 rings (SSSR count). The number of hydrogen-bond acceptors (Lipinski definition) is 5. The maximum Gasteiger partial charge on any atom is 0.344 e. The zero-order chi connectivity index (χ0) is 11.4. The van der Waals surface area contributed by atoms with E-state index in [0.29, 0.717) is 13.2 Å². The van der Waals surface area contributed by atoms with Gasteiger partial charge in [0.15, 0.2) is 5.79 Å². The van der Waals surface area contributed by atoms with Crippen LogP contribution in [0.5, 0.6) is 0 Å². The molecule has 0 amide bonds. The van der Waals surface area contributed by atoms with E-state index in [2.05, 4.69) is 5.16 Å². The molecule has 1 aliphatic heterocycles. The molecular weight excluding hydrogens is 214 g/mol. The van der Waals surface area contributed by atoms with E-state index >= 15 is 0 Å². The van der Waals surface area contributed by atoms with Crippen molar-refractivity contribution in [2.45, 2.75) is 31.5 Å². The Kier molecular flexibility index (Phi) is 3.40. The predicted molar refractivity (Wildman–Crippen MR) is 54.1 cm³/mol. The van der Waals surface area contributed by atoms with Gasteiger partial charge < -0.3 is 19.4 Å². The molecule has 1 heterocycles. The SMILES string of the molecule is O=C(O)CON=C1CCC2(CC1)OCCO2. The van der Waals surface area contributed by atoms with Gasteiger partial charge >= 0.3 is 5.97 Å². The Morgan fingerprint density at radius 1 is 1.38 bits per heavy atom. The topological polar surface area (TPSA) is 77.4 Å². The average molecular weight is 229 g/mol. The van der Waals surface area contributed by atoms with Gasteiger partial charge in [-0.05, 0) is 12.8 Å². The van der Waals surface area contributed by atoms with Crippen LogP contribution in [-0.2, 0) is 19.1 Å². The molecule has 1 aliphatic carbocycles. The van der Waals surface area contributed by atoms with Crippen molar-refractivity contribution in [3.8, 4) is 0 Å². The summed E-state index contributed by atoms with van der Waals surface area (Å²) in [6.45, 7) is 0.922. The summed E-state index contributed by atoms with van der Waals surface area (Å²) < 4.78 is 11.1. The highest BCUT2D eigenvalue weighted by atomic mass is 16.7. The standard InChI is InChI=1S/C10H15NO5/c12-9(13)7-16-11-8-1-3-10(4-2-8)14-5-6-15-10/h1-7H2,(H,12,13). The van der Waals surface area contributed by atoms with Gasteiger partial charge in [-0.2, -0.15) is 0 Å². The van der Waals surface area contributed by atoms with Gasteiger partial charge in [-0.1, -0.05) is 5.16 Å². The Balaban J connectivity index is 1.78. The van der Waals surface area contributed by atoms with E-state index in [1.54, 1.807) is 0 Å². The fraction of sp³-hybridized carbons (Fsp3) is 0.800. The number of nitrogens with zero attached hydrogens (tertiary/aromatic N) is 1. The van der Waals surface area contributed by atoms with Gasteiger partial charge in [0.1, 0.15) is 0 Å². The molecular formula is C10H15NO5. The third kappa shape index (κ3) is 2.70. The maximum absolute atomic E-state index is 10.2. The first-order chi connectivity index (χ1) is 7.70. The first kappa shape index (κ1) is 11.3. The lowest BCUT2D eigenvalue weighted by Gasteiger charge is -2.31. The lowest BCUT2D eigenvalue weighted by Crippen LogP contribution is -2.35. The molecule has 1 N–H and O–H groups in total. The fourth-order valence-electron chi connectivity index (χ4n) is 1.98. The number of carboxylic acid groups (broad SMARTS) is 1. The summed E-state index contributed by atoms with van der Waals surface area (Å²) in [6, 6.07) is 0. The van der Waals surface area contributed by atoms with E-state index < -0.39 is 11.8 Å². The molecule has 0 aromatic carbocycles. The van der Waals surface area contributed by atoms with E-state index in [1.165, 1.54) is 0 Å². The van der Waals surface area contributed by atoms with Crippen molar-refractivity contribution >= 4 is 11.7 Å². The highest BCUT2D eigenvalue weighted by molar-refractivity contribution is 5.84. The minimum Gasteiger partial charge on any atom is -0.479 e. The Morgan fingerprint density at radius 2 is 2.00 bits per heavy atom. The number of carboxylic acids is 1. The number of rotatable bonds is 3. The fourth-order valence-corrected chi connectivity index (χ4v) is 1.98. The average Bonchev–Trinajstić information content (AvgIpc) is 2.70. The summed E-state index contributed by atoms with van der Waals surface area (Å²) in [5, 5.41) is 12.2. The molecule has 0 aromatic rings. The molecule has 0 unspecified atom stereocenters. The molecule has 0 bridgehead atoms. The van der Waals surface area contributed by atoms with Crippen LogP contribution in [0.4, 0.5) is 0 Å². The quantitative estimate of drug-likeness (QED) is 0.723. The van der Waals surface area contributed by atoms with Crippen LogP contribution < -0.4 is 0 Å². The molecule has 2 aliphatic rings. The smallest absolute Gasteiger partial charge is 0.344 e. The van der Waals surface area contributed by atoms with E-state index in [4.69, 9.17) is 19.4 Å². The van der Waals surface area contributed by atoms with Crippen LogP contribution in [0.1, 0.15) is 25.7 Å². The Bertz CT molecular complexity index is 284. The second-order valence-electron chi connectivity index (χ2n) is 3.93. The summed E-state index contributed by atoms with van der Waals surface area (Å²) in [4.78, 5) is 14.9. The van der Waals surface area contributed by atoms with Crippen molar-refractivity contribution in [3.63, 3.8) is 0 Å². The number of carbonyl (C=O) groups is 1. The zero-order valence-electron chi connectivity index (χ0n) is 8.98. The molecule has 1 saturated carbocycles. The monoisotopic (exact) mass is 229 g/mol. The lowest BCUT2D eigenvalue weighted by molar-refractivity contribution is -0.168. The highest BCUT2D eigenvalue weighted by Gasteiger charge is 2.39. The zero-order valence-corrected chi connectivity index (χ0v) is 8.98. The van der Waals surface area contributed by atoms with Gasteiger partial charge in [-0.25, -0.2) is 4.79 Å². The van der Waals surface area contributed by atoms with E-state index in [1.807, 2.05) is 0 Å². The van der Waals surface area contributed by atoms with Crippen LogP contribution >= 0.6 is 0 Å². The second-order valence-corrected chi connectivity index (χ2v) is 3.93. The van der Waals surface area contributed by atoms with Crippen LogP contribution in [0.25, 0.3) is 0 Å². The van der Waals surface area contributed by atoms with E-state index in [-0.39, 0.29) is 6.61 Å². The molecule has 0 aromatic heterocycles. The molecule has 6 nitrogen and oxygen atoms in total. The third-order valence-corrected chi connectivity index (χ3v) is 2.78. The molecule has 1 spiro atoms. The van der Waals surface area contributed by atoms with Crippen molar-refractivity contribution in [2.75, 3.05) is 19.8 Å². The van der Waals surface area contributed by atoms with Crippen molar-refractivity contribution in [3.05, 3.63) is 0 Å². The van der Waals surface area contributed by atoms with Crippen LogP contribution in [0.2, 0.25) is 0 Å². The number of oxime groups is 1. The summed E-state index contributed by atoms with van der Waals surface area (Å²) in [6.07, 6.45) is 3.00. The first-order valence-electron chi connectivity index (χ1n) is 5.38. The third-order valence-electron chi connectivity index (χ3n) is 2.78. The second kappa shape index (κ2) is 4.80. The summed E-state index contributed by atoms with van der Waals surface area (Å²) >= 11 is 0. The van der Waals surface area contributed by atoms with E-state index in [0.717, 1.165) is 31.4 Å². The molecule has 0 atom stereocenters. The van der Waals surface area contributed by atoms with Crippen molar-refractivity contribution < 1.29 is 24.2 Å². The van der Waals surface area contributed by atoms with E-state index in [9.17, 15) is 4.79 Å². The van der Waals surface area contributed by atoms with Gasteiger partial charge in [-0.15, -0.1) is 0 Å². The summed E-state index contributed by atoms with van der Waals surface area (Å²) in [5.74, 6) is -1.43. The predicted octanol–water partition coefficient (Wildman–Crippen LogP) is 0.761. The molecule has 0 radical (unpaired) electrons. The first-order valence-corrected chi connectivity index (χ1v) is 5.38. The van der Waals surface area contributed by atoms with Gasteiger partial charge in [0.2, 0.25) is 6.61 Å². The highest BCUT2D eigenvalue weighted by Crippen LogP contribution is 2.34. The van der Waals surface area contributed by atoms with Crippen LogP contribution in [-0.4, -0.2) is 42.4 Å². The largest absolute Gasteiger partial charge is 0.479 e. The summed E-state index contributed by atoms with van der Waals surface area (Å²) in [7, 11) is 0. The Hall–Kier alpha value is -1.14. The summed E-state index contributed by atoms with van der Waals surface area (Å²) in [5.41, 5.74) is 0.881. The molecule has 6 heteroatoms. The number of aliphatic carboxylic acids is 1. The van der Waals surface area contributed by atoms with Crippen molar-refractivity contribution in [2.24, 2.45) is 5.16 Å². The normalized spacial score (nSPS) is 23.4. The van der Waals surface area contributed by atoms with Crippen LogP contribution in [0, 0.1) is 0 Å². The molecule has 2 fully saturated rings. The van der Waals surface area contributed by atoms with Crippen molar-refractivity contribution in [1.29, 1.82) is 0 Å². The minimum absolute atomic E-state index is 0.387. The number of hydrogen-bond donors (Lipinski definition) is 1. The molecule has 16 heavy (non-hydrogen) atoms. The van der Waals surface area contributed by atoms with Gasteiger partial charge in [0.25, 0.3) is 0 Å². The number of ether oxygens (including phenoxy) is 2. The lowest BCUT2D eigenvalue weighted by atomic mass is 9.92. The Labute approximate surface area is 93.2 Å². The van der Waals surface area contributed by atoms with Gasteiger partial charge in [0, 0.05) is 12.8 Å². The van der Waals surface area contributed by atoms with Gasteiger partial charge in [0.05, 0.1) is 18.9 Å². The maximum atomic E-state index is 10.2. The van der Waals surface area contributed by atoms with Crippen LogP contribution in [0.15, 0.2) is 5.16 Å². The molecule has 90 valence electrons.